The maximum Gasteiger partial charge on any atom is 0.339 e. The van der Waals surface area contributed by atoms with Crippen LogP contribution in [0.3, 0.4) is 0 Å². The third-order valence-corrected chi connectivity index (χ3v) is 3.05. The van der Waals surface area contributed by atoms with E-state index in [1.54, 1.807) is 12.1 Å². The Morgan fingerprint density at radius 3 is 2.57 bits per heavy atom. The van der Waals surface area contributed by atoms with E-state index < -0.39 is 17.6 Å². The Labute approximate surface area is 121 Å². The quantitative estimate of drug-likeness (QED) is 0.873. The molecule has 3 nitrogen and oxygen atoms in total. The van der Waals surface area contributed by atoms with Crippen molar-refractivity contribution in [2.75, 3.05) is 12.4 Å². The number of carbonyl (C=O) groups is 1. The molecule has 0 saturated heterocycles. The van der Waals surface area contributed by atoms with Crippen LogP contribution in [0.4, 0.5) is 14.5 Å². The molecule has 0 aliphatic rings. The maximum absolute atomic E-state index is 13.1. The van der Waals surface area contributed by atoms with E-state index >= 15 is 0 Å². The molecule has 0 fully saturated rings. The van der Waals surface area contributed by atoms with Crippen LogP contribution in [0.25, 0.3) is 0 Å². The molecule has 2 aromatic rings. The van der Waals surface area contributed by atoms with Gasteiger partial charge in [0.2, 0.25) is 0 Å². The van der Waals surface area contributed by atoms with Crippen molar-refractivity contribution in [3.63, 3.8) is 0 Å². The lowest BCUT2D eigenvalue weighted by Gasteiger charge is -2.12. The number of methoxy groups -OCH3 is 1. The number of ether oxygens (including phenoxy) is 1. The van der Waals surface area contributed by atoms with Gasteiger partial charge in [0.05, 0.1) is 12.7 Å². The number of aryl methyl sites for hydroxylation is 1. The molecule has 5 heteroatoms. The van der Waals surface area contributed by atoms with Crippen molar-refractivity contribution in [2.24, 2.45) is 0 Å². The molecule has 0 atom stereocenters. The van der Waals surface area contributed by atoms with Crippen LogP contribution in [0, 0.1) is 18.6 Å². The third-order valence-electron chi connectivity index (χ3n) is 3.05. The average Bonchev–Trinajstić information content (AvgIpc) is 2.48. The number of carbonyl (C=O) groups excluding carboxylic acids is 1. The molecule has 0 unspecified atom stereocenters. The van der Waals surface area contributed by atoms with Gasteiger partial charge in [0.1, 0.15) is 0 Å². The smallest absolute Gasteiger partial charge is 0.339 e. The lowest BCUT2D eigenvalue weighted by molar-refractivity contribution is 0.0601. The molecular formula is C16H15F2NO2. The molecule has 2 aromatic carbocycles. The van der Waals surface area contributed by atoms with Gasteiger partial charge in [0.15, 0.2) is 11.6 Å². The van der Waals surface area contributed by atoms with Crippen molar-refractivity contribution < 1.29 is 18.3 Å². The molecule has 0 aromatic heterocycles. The Morgan fingerprint density at radius 2 is 1.90 bits per heavy atom. The van der Waals surface area contributed by atoms with Crippen molar-refractivity contribution in [1.29, 1.82) is 0 Å². The molecule has 0 spiro atoms. The molecule has 110 valence electrons. The average molecular weight is 291 g/mol. The van der Waals surface area contributed by atoms with Gasteiger partial charge in [-0.2, -0.15) is 0 Å². The number of benzene rings is 2. The third kappa shape index (κ3) is 3.56. The van der Waals surface area contributed by atoms with Crippen LogP contribution < -0.4 is 5.32 Å². The maximum atomic E-state index is 13.1. The summed E-state index contributed by atoms with van der Waals surface area (Å²) in [7, 11) is 1.31. The molecule has 2 rings (SSSR count). The Hall–Kier alpha value is -2.43. The SMILES string of the molecule is COC(=O)c1cc(C)ccc1NCc1ccc(F)c(F)c1. The second kappa shape index (κ2) is 6.35. The highest BCUT2D eigenvalue weighted by molar-refractivity contribution is 5.95. The second-order valence-electron chi connectivity index (χ2n) is 4.64. The molecule has 0 radical (unpaired) electrons. The number of rotatable bonds is 4. The highest BCUT2D eigenvalue weighted by atomic mass is 19.2. The molecule has 0 bridgehead atoms. The van der Waals surface area contributed by atoms with Gasteiger partial charge in [-0.05, 0) is 36.8 Å². The number of esters is 1. The van der Waals surface area contributed by atoms with E-state index in [1.807, 2.05) is 13.0 Å². The minimum absolute atomic E-state index is 0.268. The normalized spacial score (nSPS) is 10.3. The van der Waals surface area contributed by atoms with Crippen molar-refractivity contribution in [3.8, 4) is 0 Å². The van der Waals surface area contributed by atoms with E-state index in [9.17, 15) is 13.6 Å². The molecule has 0 saturated carbocycles. The van der Waals surface area contributed by atoms with Crippen molar-refractivity contribution in [2.45, 2.75) is 13.5 Å². The Balaban J connectivity index is 2.19. The molecule has 0 aliphatic heterocycles. The molecule has 0 heterocycles. The van der Waals surface area contributed by atoms with Crippen LogP contribution in [0.5, 0.6) is 0 Å². The van der Waals surface area contributed by atoms with Gasteiger partial charge in [-0.15, -0.1) is 0 Å². The van der Waals surface area contributed by atoms with Gasteiger partial charge >= 0.3 is 5.97 Å². The fourth-order valence-corrected chi connectivity index (χ4v) is 1.94. The zero-order valence-corrected chi connectivity index (χ0v) is 11.7. The minimum atomic E-state index is -0.897. The summed E-state index contributed by atoms with van der Waals surface area (Å²) in [6.07, 6.45) is 0. The lowest BCUT2D eigenvalue weighted by atomic mass is 10.1. The fourth-order valence-electron chi connectivity index (χ4n) is 1.94. The zero-order chi connectivity index (χ0) is 15.4. The lowest BCUT2D eigenvalue weighted by Crippen LogP contribution is -2.09. The summed E-state index contributed by atoms with van der Waals surface area (Å²) < 4.78 is 30.7. The van der Waals surface area contributed by atoms with Crippen molar-refractivity contribution >= 4 is 11.7 Å². The zero-order valence-electron chi connectivity index (χ0n) is 11.7. The summed E-state index contributed by atoms with van der Waals surface area (Å²) in [5, 5.41) is 3.03. The van der Waals surface area contributed by atoms with Gasteiger partial charge in [0, 0.05) is 12.2 Å². The van der Waals surface area contributed by atoms with Crippen LogP contribution in [0.2, 0.25) is 0 Å². The molecule has 1 N–H and O–H groups in total. The van der Waals surface area contributed by atoms with Gasteiger partial charge in [0.25, 0.3) is 0 Å². The highest BCUT2D eigenvalue weighted by Gasteiger charge is 2.12. The van der Waals surface area contributed by atoms with E-state index in [1.165, 1.54) is 13.2 Å². The van der Waals surface area contributed by atoms with Crippen LogP contribution >= 0.6 is 0 Å². The largest absolute Gasteiger partial charge is 0.465 e. The predicted molar refractivity (Wildman–Crippen MR) is 76.2 cm³/mol. The van der Waals surface area contributed by atoms with Crippen LogP contribution in [0.15, 0.2) is 36.4 Å². The van der Waals surface area contributed by atoms with Gasteiger partial charge in [-0.25, -0.2) is 13.6 Å². The molecule has 21 heavy (non-hydrogen) atoms. The second-order valence-corrected chi connectivity index (χ2v) is 4.64. The summed E-state index contributed by atoms with van der Waals surface area (Å²) >= 11 is 0. The first-order valence-electron chi connectivity index (χ1n) is 6.38. The molecule has 0 aliphatic carbocycles. The van der Waals surface area contributed by atoms with E-state index in [0.29, 0.717) is 16.8 Å². The van der Waals surface area contributed by atoms with Gasteiger partial charge in [-0.1, -0.05) is 17.7 Å². The van der Waals surface area contributed by atoms with E-state index in [0.717, 1.165) is 17.7 Å². The summed E-state index contributed by atoms with van der Waals surface area (Å²) in [6, 6.07) is 8.98. The Morgan fingerprint density at radius 1 is 1.14 bits per heavy atom. The fraction of sp³-hybridized carbons (Fsp3) is 0.188. The molecule has 0 amide bonds. The monoisotopic (exact) mass is 291 g/mol. The first-order valence-corrected chi connectivity index (χ1v) is 6.38. The first kappa shape index (κ1) is 15.0. The van der Waals surface area contributed by atoms with Gasteiger partial charge < -0.3 is 10.1 Å². The summed E-state index contributed by atoms with van der Waals surface area (Å²) in [6.45, 7) is 2.13. The number of halogens is 2. The van der Waals surface area contributed by atoms with Crippen LogP contribution in [-0.2, 0) is 11.3 Å². The Bertz CT molecular complexity index is 671. The number of nitrogens with one attached hydrogen (secondary N) is 1. The summed E-state index contributed by atoms with van der Waals surface area (Å²) in [4.78, 5) is 11.7. The number of hydrogen-bond donors (Lipinski definition) is 1. The molecular weight excluding hydrogens is 276 g/mol. The Kier molecular flexibility index (Phi) is 4.52. The van der Waals surface area contributed by atoms with Gasteiger partial charge in [-0.3, -0.25) is 0 Å². The van der Waals surface area contributed by atoms with E-state index in [4.69, 9.17) is 4.74 Å². The van der Waals surface area contributed by atoms with Crippen LogP contribution in [-0.4, -0.2) is 13.1 Å². The summed E-state index contributed by atoms with van der Waals surface area (Å²) in [5.41, 5.74) is 2.48. The van der Waals surface area contributed by atoms with E-state index in [2.05, 4.69) is 5.32 Å². The van der Waals surface area contributed by atoms with Crippen LogP contribution in [0.1, 0.15) is 21.5 Å². The first-order chi connectivity index (χ1) is 10.0. The van der Waals surface area contributed by atoms with Crippen molar-refractivity contribution in [1.82, 2.24) is 0 Å². The predicted octanol–water partition coefficient (Wildman–Crippen LogP) is 3.67. The highest BCUT2D eigenvalue weighted by Crippen LogP contribution is 2.19. The van der Waals surface area contributed by atoms with E-state index in [-0.39, 0.29) is 6.54 Å². The standard InChI is InChI=1S/C16H15F2NO2/c1-10-3-6-15(12(7-10)16(20)21-2)19-9-11-4-5-13(17)14(18)8-11/h3-8,19H,9H2,1-2H3. The minimum Gasteiger partial charge on any atom is -0.465 e. The number of hydrogen-bond acceptors (Lipinski definition) is 3. The number of anilines is 1. The topological polar surface area (TPSA) is 38.3 Å². The summed E-state index contributed by atoms with van der Waals surface area (Å²) in [5.74, 6) is -2.23. The van der Waals surface area contributed by atoms with Crippen molar-refractivity contribution in [3.05, 3.63) is 64.7 Å².